The number of nitrogens with zero attached hydrogens (tertiary/aromatic N) is 4. The molecule has 2 aromatic carbocycles. The summed E-state index contributed by atoms with van der Waals surface area (Å²) in [5.41, 5.74) is 0.902. The highest BCUT2D eigenvalue weighted by Crippen LogP contribution is 2.29. The van der Waals surface area contributed by atoms with Gasteiger partial charge in [0, 0.05) is 12.1 Å². The van der Waals surface area contributed by atoms with E-state index in [9.17, 15) is 9.59 Å². The van der Waals surface area contributed by atoms with Gasteiger partial charge in [0.2, 0.25) is 5.91 Å². The number of rotatable bonds is 4. The van der Waals surface area contributed by atoms with Crippen LogP contribution in [0, 0.1) is 0 Å². The van der Waals surface area contributed by atoms with Crippen molar-refractivity contribution in [2.45, 2.75) is 19.5 Å². The maximum absolute atomic E-state index is 12.8. The smallest absolute Gasteiger partial charge is 0.261 e. The number of fused-ring (bicyclic) bond motifs is 2. The summed E-state index contributed by atoms with van der Waals surface area (Å²) in [4.78, 5) is 36.0. The van der Waals surface area contributed by atoms with E-state index in [0.29, 0.717) is 15.6 Å². The molecule has 0 radical (unpaired) electrons. The first-order valence-electron chi connectivity index (χ1n) is 8.80. The summed E-state index contributed by atoms with van der Waals surface area (Å²) in [6.45, 7) is 1.77. The third-order valence-corrected chi connectivity index (χ3v) is 6.51. The fourth-order valence-corrected chi connectivity index (χ4v) is 4.62. The minimum atomic E-state index is -0.367. The Bertz CT molecular complexity index is 1270. The van der Waals surface area contributed by atoms with Gasteiger partial charge in [-0.05, 0) is 31.2 Å². The van der Waals surface area contributed by atoms with E-state index in [2.05, 4.69) is 9.97 Å². The number of carbonyl (C=O) groups excluding carboxylic acids is 1. The summed E-state index contributed by atoms with van der Waals surface area (Å²) in [6.07, 6.45) is 1.33. The number of thiazole rings is 1. The van der Waals surface area contributed by atoms with Crippen molar-refractivity contribution in [1.82, 2.24) is 19.4 Å². The number of para-hydroxylation sites is 1. The average Bonchev–Trinajstić information content (AvgIpc) is 3.13. The maximum Gasteiger partial charge on any atom is 0.261 e. The van der Waals surface area contributed by atoms with Crippen LogP contribution in [0.2, 0.25) is 10.0 Å². The summed E-state index contributed by atoms with van der Waals surface area (Å²) in [5.74, 6) is -0.229. The van der Waals surface area contributed by atoms with E-state index in [0.717, 1.165) is 15.2 Å². The fraction of sp³-hybridized carbons (Fsp3) is 0.200. The molecule has 0 bridgehead atoms. The van der Waals surface area contributed by atoms with Crippen LogP contribution in [0.1, 0.15) is 18.0 Å². The Kier molecular flexibility index (Phi) is 5.29. The third kappa shape index (κ3) is 3.73. The lowest BCUT2D eigenvalue weighted by Gasteiger charge is -2.23. The van der Waals surface area contributed by atoms with Crippen LogP contribution in [0.15, 0.2) is 47.5 Å². The summed E-state index contributed by atoms with van der Waals surface area (Å²) < 4.78 is 2.33. The molecule has 6 nitrogen and oxygen atoms in total. The van der Waals surface area contributed by atoms with Crippen molar-refractivity contribution in [3.8, 4) is 0 Å². The first-order chi connectivity index (χ1) is 13.8. The van der Waals surface area contributed by atoms with Crippen LogP contribution >= 0.6 is 34.5 Å². The van der Waals surface area contributed by atoms with E-state index in [-0.39, 0.29) is 29.4 Å². The van der Waals surface area contributed by atoms with E-state index in [1.54, 1.807) is 23.3 Å². The number of hydrogen-bond acceptors (Lipinski definition) is 5. The van der Waals surface area contributed by atoms with Gasteiger partial charge in [-0.1, -0.05) is 35.3 Å². The van der Waals surface area contributed by atoms with Crippen molar-refractivity contribution < 1.29 is 4.79 Å². The Morgan fingerprint density at radius 3 is 2.79 bits per heavy atom. The van der Waals surface area contributed by atoms with Crippen LogP contribution in [0.5, 0.6) is 0 Å². The largest absolute Gasteiger partial charge is 0.335 e. The van der Waals surface area contributed by atoms with Gasteiger partial charge < -0.3 is 4.90 Å². The summed E-state index contributed by atoms with van der Waals surface area (Å²) in [5, 5.41) is 1.75. The molecule has 0 aliphatic heterocycles. The number of amides is 1. The monoisotopic (exact) mass is 446 g/mol. The van der Waals surface area contributed by atoms with E-state index < -0.39 is 0 Å². The topological polar surface area (TPSA) is 68.1 Å². The van der Waals surface area contributed by atoms with Crippen LogP contribution in [-0.4, -0.2) is 32.4 Å². The van der Waals surface area contributed by atoms with Gasteiger partial charge in [-0.2, -0.15) is 0 Å². The Morgan fingerprint density at radius 1 is 1.28 bits per heavy atom. The molecule has 4 rings (SSSR count). The second kappa shape index (κ2) is 7.74. The molecule has 0 saturated heterocycles. The van der Waals surface area contributed by atoms with Crippen LogP contribution in [0.25, 0.3) is 21.1 Å². The normalized spacial score (nSPS) is 12.4. The first kappa shape index (κ1) is 19.8. The summed E-state index contributed by atoms with van der Waals surface area (Å²) in [7, 11) is 1.70. The molecule has 0 aliphatic rings. The van der Waals surface area contributed by atoms with Gasteiger partial charge in [-0.15, -0.1) is 11.3 Å². The lowest BCUT2D eigenvalue weighted by atomic mass is 10.2. The van der Waals surface area contributed by atoms with Gasteiger partial charge in [-0.3, -0.25) is 14.2 Å². The second-order valence-corrected chi connectivity index (χ2v) is 8.57. The van der Waals surface area contributed by atoms with Gasteiger partial charge in [0.1, 0.15) is 11.6 Å². The lowest BCUT2D eigenvalue weighted by molar-refractivity contribution is -0.132. The molecule has 0 aliphatic carbocycles. The molecule has 4 aromatic rings. The molecule has 0 saturated carbocycles. The van der Waals surface area contributed by atoms with Crippen molar-refractivity contribution >= 4 is 61.6 Å². The minimum absolute atomic E-state index is 0.141. The predicted molar refractivity (Wildman–Crippen MR) is 117 cm³/mol. The highest BCUT2D eigenvalue weighted by atomic mass is 35.5. The predicted octanol–water partition coefficient (Wildman–Crippen LogP) is 4.53. The molecule has 1 amide bonds. The number of aromatic nitrogens is 3. The zero-order valence-corrected chi connectivity index (χ0v) is 17.9. The van der Waals surface area contributed by atoms with E-state index >= 15 is 0 Å². The van der Waals surface area contributed by atoms with Gasteiger partial charge in [0.15, 0.2) is 0 Å². The zero-order chi connectivity index (χ0) is 20.7. The zero-order valence-electron chi connectivity index (χ0n) is 15.6. The molecule has 2 aromatic heterocycles. The SMILES string of the molecule is C[C@H](c1nc2ccccc2s1)N(C)C(=O)Cn1cnc2c(Cl)cc(Cl)cc2c1=O. The Labute approximate surface area is 180 Å². The maximum atomic E-state index is 12.8. The number of likely N-dealkylation sites (N-methyl/N-ethyl adjacent to an activating group) is 1. The van der Waals surface area contributed by atoms with E-state index in [4.69, 9.17) is 23.2 Å². The van der Waals surface area contributed by atoms with E-state index in [1.807, 2.05) is 31.2 Å². The van der Waals surface area contributed by atoms with Crippen LogP contribution in [0.3, 0.4) is 0 Å². The molecule has 29 heavy (non-hydrogen) atoms. The number of halogens is 2. The highest BCUT2D eigenvalue weighted by molar-refractivity contribution is 7.18. The van der Waals surface area contributed by atoms with Gasteiger partial charge in [0.05, 0.1) is 38.5 Å². The minimum Gasteiger partial charge on any atom is -0.335 e. The quantitative estimate of drug-likeness (QED) is 0.461. The standard InChI is InChI=1S/C20H16Cl2N4O2S/c1-11(19-24-15-5-3-4-6-16(15)29-19)25(2)17(27)9-26-10-23-18-13(20(26)28)7-12(21)8-14(18)22/h3-8,10-11H,9H2,1-2H3/t11-/m1/s1. The van der Waals surface area contributed by atoms with Crippen molar-refractivity contribution in [3.05, 3.63) is 68.1 Å². The Morgan fingerprint density at radius 2 is 2.03 bits per heavy atom. The molecular formula is C20H16Cl2N4O2S. The summed E-state index contributed by atoms with van der Waals surface area (Å²) >= 11 is 13.7. The summed E-state index contributed by atoms with van der Waals surface area (Å²) in [6, 6.07) is 10.6. The average molecular weight is 447 g/mol. The van der Waals surface area contributed by atoms with Crippen LogP contribution < -0.4 is 5.56 Å². The first-order valence-corrected chi connectivity index (χ1v) is 10.4. The molecule has 0 fully saturated rings. The fourth-order valence-electron chi connectivity index (χ4n) is 3.02. The molecule has 1 atom stereocenters. The second-order valence-electron chi connectivity index (χ2n) is 6.66. The van der Waals surface area contributed by atoms with Gasteiger partial charge in [-0.25, -0.2) is 9.97 Å². The number of carbonyl (C=O) groups is 1. The molecule has 148 valence electrons. The highest BCUT2D eigenvalue weighted by Gasteiger charge is 2.21. The molecule has 2 heterocycles. The molecule has 9 heteroatoms. The lowest BCUT2D eigenvalue weighted by Crippen LogP contribution is -2.35. The van der Waals surface area contributed by atoms with Crippen LogP contribution in [-0.2, 0) is 11.3 Å². The molecular weight excluding hydrogens is 431 g/mol. The molecule has 0 spiro atoms. The number of hydrogen-bond donors (Lipinski definition) is 0. The third-order valence-electron chi connectivity index (χ3n) is 4.79. The van der Waals surface area contributed by atoms with Crippen molar-refractivity contribution in [2.75, 3.05) is 7.05 Å². The van der Waals surface area contributed by atoms with Crippen molar-refractivity contribution in [3.63, 3.8) is 0 Å². The van der Waals surface area contributed by atoms with Gasteiger partial charge >= 0.3 is 0 Å². The Hall–Kier alpha value is -2.48. The van der Waals surface area contributed by atoms with E-state index in [1.165, 1.54) is 23.0 Å². The van der Waals surface area contributed by atoms with Crippen molar-refractivity contribution in [2.24, 2.45) is 0 Å². The molecule has 0 unspecified atom stereocenters. The van der Waals surface area contributed by atoms with Crippen LogP contribution in [0.4, 0.5) is 0 Å². The van der Waals surface area contributed by atoms with Crippen molar-refractivity contribution in [1.29, 1.82) is 0 Å². The Balaban J connectivity index is 1.60. The molecule has 0 N–H and O–H groups in total. The van der Waals surface area contributed by atoms with Gasteiger partial charge in [0.25, 0.3) is 5.56 Å². The number of benzene rings is 2.